The summed E-state index contributed by atoms with van der Waals surface area (Å²) >= 11 is 0. The van der Waals surface area contributed by atoms with Crippen molar-refractivity contribution in [3.8, 4) is 5.75 Å². The minimum absolute atomic E-state index is 0.159. The van der Waals surface area contributed by atoms with Gasteiger partial charge in [-0.1, -0.05) is 6.07 Å². The maximum atomic E-state index is 5.69. The summed E-state index contributed by atoms with van der Waals surface area (Å²) in [7, 11) is 1.68. The molecule has 0 aromatic heterocycles. The van der Waals surface area contributed by atoms with Crippen molar-refractivity contribution in [1.82, 2.24) is 0 Å². The second-order valence-corrected chi connectivity index (χ2v) is 3.84. The first-order chi connectivity index (χ1) is 6.78. The Kier molecular flexibility index (Phi) is 2.33. The molecule has 3 heteroatoms. The summed E-state index contributed by atoms with van der Waals surface area (Å²) < 4.78 is 5.15. The van der Waals surface area contributed by atoms with Gasteiger partial charge in [-0.25, -0.2) is 0 Å². The third-order valence-corrected chi connectivity index (χ3v) is 2.72. The largest absolute Gasteiger partial charge is 0.497 e. The molecular formula is C11H16N2O. The van der Waals surface area contributed by atoms with E-state index in [4.69, 9.17) is 10.5 Å². The summed E-state index contributed by atoms with van der Waals surface area (Å²) in [6, 6.07) is 7.95. The van der Waals surface area contributed by atoms with Crippen molar-refractivity contribution in [3.05, 3.63) is 24.3 Å². The van der Waals surface area contributed by atoms with Gasteiger partial charge < -0.3 is 15.8 Å². The van der Waals surface area contributed by atoms with Crippen molar-refractivity contribution in [1.29, 1.82) is 0 Å². The Bertz CT molecular complexity index is 321. The predicted molar refractivity (Wildman–Crippen MR) is 57.6 cm³/mol. The first kappa shape index (κ1) is 9.34. The Labute approximate surface area is 84.3 Å². The van der Waals surface area contributed by atoms with Gasteiger partial charge in [-0.3, -0.25) is 0 Å². The van der Waals surface area contributed by atoms with Gasteiger partial charge in [-0.2, -0.15) is 0 Å². The SMILES string of the molecule is COc1cccc(NC2(CN)CC2)c1. The molecule has 1 aromatic carbocycles. The van der Waals surface area contributed by atoms with Crippen LogP contribution in [-0.4, -0.2) is 19.2 Å². The highest BCUT2D eigenvalue weighted by Crippen LogP contribution is 2.38. The lowest BCUT2D eigenvalue weighted by Gasteiger charge is -2.16. The van der Waals surface area contributed by atoms with E-state index in [1.165, 1.54) is 12.8 Å². The number of nitrogens with one attached hydrogen (secondary N) is 1. The molecule has 0 unspecified atom stereocenters. The highest BCUT2D eigenvalue weighted by molar-refractivity contribution is 5.51. The highest BCUT2D eigenvalue weighted by atomic mass is 16.5. The van der Waals surface area contributed by atoms with Gasteiger partial charge in [0.1, 0.15) is 5.75 Å². The molecule has 0 heterocycles. The molecule has 2 rings (SSSR count). The average Bonchev–Trinajstić information content (AvgIpc) is 2.99. The van der Waals surface area contributed by atoms with Crippen LogP contribution in [-0.2, 0) is 0 Å². The summed E-state index contributed by atoms with van der Waals surface area (Å²) in [4.78, 5) is 0. The number of anilines is 1. The summed E-state index contributed by atoms with van der Waals surface area (Å²) in [6.45, 7) is 0.699. The molecule has 0 bridgehead atoms. The molecular weight excluding hydrogens is 176 g/mol. The third kappa shape index (κ3) is 1.82. The fraction of sp³-hybridized carbons (Fsp3) is 0.455. The van der Waals surface area contributed by atoms with Crippen LogP contribution in [0.25, 0.3) is 0 Å². The fourth-order valence-corrected chi connectivity index (χ4v) is 1.54. The van der Waals surface area contributed by atoms with E-state index in [0.29, 0.717) is 6.54 Å². The van der Waals surface area contributed by atoms with Crippen molar-refractivity contribution in [2.75, 3.05) is 19.0 Å². The van der Waals surface area contributed by atoms with Crippen LogP contribution in [0.3, 0.4) is 0 Å². The summed E-state index contributed by atoms with van der Waals surface area (Å²) in [5.41, 5.74) is 6.94. The quantitative estimate of drug-likeness (QED) is 0.761. The lowest BCUT2D eigenvalue weighted by Crippen LogP contribution is -2.30. The lowest BCUT2D eigenvalue weighted by atomic mass is 10.2. The number of benzene rings is 1. The molecule has 1 aromatic rings. The predicted octanol–water partition coefficient (Wildman–Crippen LogP) is 1.60. The van der Waals surface area contributed by atoms with E-state index >= 15 is 0 Å². The molecule has 14 heavy (non-hydrogen) atoms. The summed E-state index contributed by atoms with van der Waals surface area (Å²) in [5, 5.41) is 3.45. The molecule has 0 aliphatic heterocycles. The lowest BCUT2D eigenvalue weighted by molar-refractivity contribution is 0.415. The third-order valence-electron chi connectivity index (χ3n) is 2.72. The Morgan fingerprint density at radius 1 is 1.50 bits per heavy atom. The molecule has 0 atom stereocenters. The number of rotatable bonds is 4. The topological polar surface area (TPSA) is 47.3 Å². The monoisotopic (exact) mass is 192 g/mol. The number of methoxy groups -OCH3 is 1. The Morgan fingerprint density at radius 2 is 2.29 bits per heavy atom. The molecule has 1 aliphatic carbocycles. The second kappa shape index (κ2) is 3.50. The Balaban J connectivity index is 2.09. The van der Waals surface area contributed by atoms with Gasteiger partial charge in [-0.15, -0.1) is 0 Å². The zero-order chi connectivity index (χ0) is 10.0. The Morgan fingerprint density at radius 3 is 2.86 bits per heavy atom. The Hall–Kier alpha value is -1.22. The number of hydrogen-bond donors (Lipinski definition) is 2. The van der Waals surface area contributed by atoms with Gasteiger partial charge in [0.2, 0.25) is 0 Å². The standard InChI is InChI=1S/C11H16N2O/c1-14-10-4-2-3-9(7-10)13-11(8-12)5-6-11/h2-4,7,13H,5-6,8,12H2,1H3. The van der Waals surface area contributed by atoms with Crippen molar-refractivity contribution >= 4 is 5.69 Å². The van der Waals surface area contributed by atoms with Crippen LogP contribution >= 0.6 is 0 Å². The van der Waals surface area contributed by atoms with Crippen LogP contribution in [0.2, 0.25) is 0 Å². The molecule has 0 amide bonds. The maximum Gasteiger partial charge on any atom is 0.120 e. The second-order valence-electron chi connectivity index (χ2n) is 3.84. The van der Waals surface area contributed by atoms with Gasteiger partial charge in [0, 0.05) is 23.8 Å². The first-order valence-electron chi connectivity index (χ1n) is 4.90. The van der Waals surface area contributed by atoms with Crippen LogP contribution in [0.1, 0.15) is 12.8 Å². The minimum Gasteiger partial charge on any atom is -0.497 e. The van der Waals surface area contributed by atoms with E-state index in [9.17, 15) is 0 Å². The van der Waals surface area contributed by atoms with Crippen molar-refractivity contribution in [2.24, 2.45) is 5.73 Å². The molecule has 0 spiro atoms. The zero-order valence-electron chi connectivity index (χ0n) is 8.42. The molecule has 1 fully saturated rings. The minimum atomic E-state index is 0.159. The van der Waals surface area contributed by atoms with Gasteiger partial charge in [-0.05, 0) is 25.0 Å². The number of nitrogens with two attached hydrogens (primary N) is 1. The normalized spacial score (nSPS) is 17.6. The zero-order valence-corrected chi connectivity index (χ0v) is 8.42. The summed E-state index contributed by atoms with van der Waals surface area (Å²) in [6.07, 6.45) is 2.33. The molecule has 0 radical (unpaired) electrons. The van der Waals surface area contributed by atoms with E-state index in [-0.39, 0.29) is 5.54 Å². The molecule has 76 valence electrons. The number of ether oxygens (including phenoxy) is 1. The van der Waals surface area contributed by atoms with E-state index in [1.807, 2.05) is 24.3 Å². The van der Waals surface area contributed by atoms with Gasteiger partial charge in [0.25, 0.3) is 0 Å². The van der Waals surface area contributed by atoms with Crippen LogP contribution < -0.4 is 15.8 Å². The molecule has 0 saturated heterocycles. The van der Waals surface area contributed by atoms with Crippen LogP contribution in [0.5, 0.6) is 5.75 Å². The first-order valence-corrected chi connectivity index (χ1v) is 4.90. The average molecular weight is 192 g/mol. The van der Waals surface area contributed by atoms with E-state index in [2.05, 4.69) is 5.32 Å². The van der Waals surface area contributed by atoms with Crippen LogP contribution in [0.4, 0.5) is 5.69 Å². The maximum absolute atomic E-state index is 5.69. The van der Waals surface area contributed by atoms with Gasteiger partial charge >= 0.3 is 0 Å². The van der Waals surface area contributed by atoms with Crippen LogP contribution in [0, 0.1) is 0 Å². The van der Waals surface area contributed by atoms with Crippen LogP contribution in [0.15, 0.2) is 24.3 Å². The summed E-state index contributed by atoms with van der Waals surface area (Å²) in [5.74, 6) is 0.878. The highest BCUT2D eigenvalue weighted by Gasteiger charge is 2.41. The van der Waals surface area contributed by atoms with E-state index in [0.717, 1.165) is 11.4 Å². The molecule has 3 nitrogen and oxygen atoms in total. The van der Waals surface area contributed by atoms with E-state index < -0.39 is 0 Å². The smallest absolute Gasteiger partial charge is 0.120 e. The molecule has 3 N–H and O–H groups in total. The van der Waals surface area contributed by atoms with Crippen molar-refractivity contribution in [2.45, 2.75) is 18.4 Å². The molecule has 1 saturated carbocycles. The fourth-order valence-electron chi connectivity index (χ4n) is 1.54. The molecule has 1 aliphatic rings. The van der Waals surface area contributed by atoms with Gasteiger partial charge in [0.15, 0.2) is 0 Å². The van der Waals surface area contributed by atoms with Gasteiger partial charge in [0.05, 0.1) is 7.11 Å². The van der Waals surface area contributed by atoms with Crippen molar-refractivity contribution < 1.29 is 4.74 Å². The number of hydrogen-bond acceptors (Lipinski definition) is 3. The van der Waals surface area contributed by atoms with E-state index in [1.54, 1.807) is 7.11 Å². The van der Waals surface area contributed by atoms with Crippen molar-refractivity contribution in [3.63, 3.8) is 0 Å².